The molecule has 0 saturated carbocycles. The Hall–Kier alpha value is -1.21. The first-order valence-corrected chi connectivity index (χ1v) is 8.35. The Morgan fingerprint density at radius 2 is 1.92 bits per heavy atom. The fourth-order valence-corrected chi connectivity index (χ4v) is 2.80. The molecule has 0 fully saturated rings. The van der Waals surface area contributed by atoms with Gasteiger partial charge in [-0.05, 0) is 23.6 Å². The number of phenols is 1. The van der Waals surface area contributed by atoms with Gasteiger partial charge in [0.15, 0.2) is 0 Å². The first-order valence-electron chi connectivity index (χ1n) is 5.91. The molecular weight excluding hydrogens is 373 g/mol. The van der Waals surface area contributed by atoms with E-state index in [4.69, 9.17) is 4.55 Å². The Labute approximate surface area is 161 Å². The summed E-state index contributed by atoms with van der Waals surface area (Å²) in [7, 11) is -4.60. The maximum atomic E-state index is 11.3. The normalized spacial score (nSPS) is 12.3. The van der Waals surface area contributed by atoms with Gasteiger partial charge in [-0.25, -0.2) is 4.21 Å². The number of carbonyl (C=O) groups is 1. The van der Waals surface area contributed by atoms with E-state index in [0.29, 0.717) is 0 Å². The summed E-state index contributed by atoms with van der Waals surface area (Å²) < 4.78 is 57.3. The van der Waals surface area contributed by atoms with Crippen LogP contribution in [0.5, 0.6) is 11.5 Å². The summed E-state index contributed by atoms with van der Waals surface area (Å²) in [6.07, 6.45) is 0. The minimum absolute atomic E-state index is 0. The van der Waals surface area contributed by atoms with Crippen LogP contribution in [0.25, 0.3) is 10.8 Å². The molecule has 2 aromatic carbocycles. The van der Waals surface area contributed by atoms with Crippen LogP contribution >= 0.6 is 0 Å². The van der Waals surface area contributed by atoms with Crippen molar-refractivity contribution in [2.75, 3.05) is 5.32 Å². The number of hydrogen-bond donors (Lipinski definition) is 3. The van der Waals surface area contributed by atoms with Gasteiger partial charge in [0.05, 0.1) is 10.6 Å². The van der Waals surface area contributed by atoms with Gasteiger partial charge in [-0.1, -0.05) is 0 Å². The van der Waals surface area contributed by atoms with Crippen molar-refractivity contribution in [3.05, 3.63) is 24.3 Å². The molecule has 1 amide bonds. The zero-order valence-corrected chi connectivity index (χ0v) is 16.1. The Morgan fingerprint density at radius 3 is 2.42 bits per heavy atom. The molecule has 0 spiro atoms. The first kappa shape index (κ1) is 20.8. The fourth-order valence-electron chi connectivity index (χ4n) is 2.00. The van der Waals surface area contributed by atoms with E-state index in [1.807, 2.05) is 0 Å². The van der Waals surface area contributed by atoms with E-state index in [1.165, 1.54) is 6.92 Å². The van der Waals surface area contributed by atoms with E-state index in [2.05, 4.69) is 9.50 Å². The van der Waals surface area contributed by atoms with E-state index in [0.717, 1.165) is 24.3 Å². The quantitative estimate of drug-likeness (QED) is 0.309. The molecule has 24 heavy (non-hydrogen) atoms. The van der Waals surface area contributed by atoms with Crippen molar-refractivity contribution in [2.45, 2.75) is 11.8 Å². The van der Waals surface area contributed by atoms with Gasteiger partial charge in [0.1, 0.15) is 22.9 Å². The molecule has 9 nitrogen and oxygen atoms in total. The Kier molecular flexibility index (Phi) is 6.75. The van der Waals surface area contributed by atoms with Crippen molar-refractivity contribution < 1.29 is 65.4 Å². The number of aromatic hydroxyl groups is 1. The number of nitrogens with one attached hydrogen (secondary N) is 1. The predicted octanol–water partition coefficient (Wildman–Crippen LogP) is -2.07. The van der Waals surface area contributed by atoms with Crippen LogP contribution < -0.4 is 39.1 Å². The van der Waals surface area contributed by atoms with E-state index in [1.54, 1.807) is 0 Å². The van der Waals surface area contributed by atoms with E-state index >= 15 is 0 Å². The average Bonchev–Trinajstić information content (AvgIpc) is 2.34. The molecule has 0 heterocycles. The summed E-state index contributed by atoms with van der Waals surface area (Å²) in [4.78, 5) is 10.7. The number of fused-ring (bicyclic) bond motifs is 1. The number of anilines is 1. The summed E-state index contributed by atoms with van der Waals surface area (Å²) in [5.74, 6) is -1.27. The van der Waals surface area contributed by atoms with Crippen molar-refractivity contribution in [1.82, 2.24) is 0 Å². The van der Waals surface area contributed by atoms with Gasteiger partial charge in [-0.15, -0.1) is 0 Å². The van der Waals surface area contributed by atoms with Crippen LogP contribution in [-0.2, 0) is 26.3 Å². The number of rotatable bonds is 4. The third-order valence-electron chi connectivity index (χ3n) is 2.75. The van der Waals surface area contributed by atoms with Crippen LogP contribution in [0.2, 0.25) is 0 Å². The third kappa shape index (κ3) is 4.89. The topological polar surface area (TPSA) is 153 Å². The van der Waals surface area contributed by atoms with Crippen molar-refractivity contribution >= 4 is 43.8 Å². The molecule has 1 atom stereocenters. The molecule has 3 N–H and O–H groups in total. The van der Waals surface area contributed by atoms with Crippen LogP contribution in [0.3, 0.4) is 0 Å². The molecule has 0 aliphatic heterocycles. The molecule has 0 aliphatic rings. The van der Waals surface area contributed by atoms with Crippen LogP contribution in [0, 0.1) is 0 Å². The largest absolute Gasteiger partial charge is 1.00 e. The summed E-state index contributed by atoms with van der Waals surface area (Å²) in [5.41, 5.74) is -0.0741. The molecule has 1 unspecified atom stereocenters. The molecule has 0 radical (unpaired) electrons. The van der Waals surface area contributed by atoms with Crippen LogP contribution in [0.4, 0.5) is 5.69 Å². The second-order valence-corrected chi connectivity index (χ2v) is 6.45. The second kappa shape index (κ2) is 7.78. The van der Waals surface area contributed by atoms with Crippen molar-refractivity contribution in [1.29, 1.82) is 0 Å². The van der Waals surface area contributed by atoms with E-state index in [9.17, 15) is 27.1 Å². The van der Waals surface area contributed by atoms with Crippen molar-refractivity contribution in [2.24, 2.45) is 0 Å². The van der Waals surface area contributed by atoms with Crippen LogP contribution in [0.15, 0.2) is 29.2 Å². The number of amides is 1. The van der Waals surface area contributed by atoms with Gasteiger partial charge in [-0.2, -0.15) is 8.42 Å². The van der Waals surface area contributed by atoms with Crippen molar-refractivity contribution in [3.63, 3.8) is 0 Å². The molecular formula is C12H10NNaO8S2. The summed E-state index contributed by atoms with van der Waals surface area (Å²) in [6.45, 7) is 1.17. The molecule has 12 heteroatoms. The standard InChI is InChI=1S/C12H11NO8S2.Na/c1-6(14)13-10-5-9(23(18,19)20)3-7-2-8(21-22(16)17)4-11(15)12(7)10;/h2-5,15H,1H3,(H,13,14)(H,16,17)(H,18,19,20);/q;+1/p-1. The SMILES string of the molecule is CC(=O)Nc1cc(S(=O)(=O)O)cc2cc(OS(=O)[O-])cc(O)c12.[Na+]. The Balaban J connectivity index is 0.00000288. The number of benzene rings is 2. The molecule has 0 aromatic heterocycles. The zero-order chi connectivity index (χ0) is 17.4. The Bertz CT molecular complexity index is 928. The van der Waals surface area contributed by atoms with Gasteiger partial charge in [0.25, 0.3) is 10.1 Å². The number of hydrogen-bond acceptors (Lipinski definition) is 7. The zero-order valence-electron chi connectivity index (χ0n) is 12.5. The maximum Gasteiger partial charge on any atom is 1.00 e. The minimum Gasteiger partial charge on any atom is -0.740 e. The molecule has 2 aromatic rings. The molecule has 0 saturated heterocycles. The second-order valence-electron chi connectivity index (χ2n) is 4.46. The molecule has 0 bridgehead atoms. The van der Waals surface area contributed by atoms with Gasteiger partial charge in [0, 0.05) is 18.4 Å². The number of phenolic OH excluding ortho intramolecular Hbond substituents is 1. The van der Waals surface area contributed by atoms with Crippen LogP contribution in [-0.4, -0.2) is 32.7 Å². The average molecular weight is 383 g/mol. The van der Waals surface area contributed by atoms with Gasteiger partial charge in [-0.3, -0.25) is 9.35 Å². The van der Waals surface area contributed by atoms with Gasteiger partial charge < -0.3 is 19.2 Å². The van der Waals surface area contributed by atoms with Gasteiger partial charge in [0.2, 0.25) is 5.91 Å². The molecule has 124 valence electrons. The van der Waals surface area contributed by atoms with Gasteiger partial charge >= 0.3 is 29.6 Å². The fraction of sp³-hybridized carbons (Fsp3) is 0.0833. The van der Waals surface area contributed by atoms with Crippen LogP contribution in [0.1, 0.15) is 6.92 Å². The number of carbonyl (C=O) groups excluding carboxylic acids is 1. The first-order chi connectivity index (χ1) is 10.6. The maximum absolute atomic E-state index is 11.3. The van der Waals surface area contributed by atoms with E-state index in [-0.39, 0.29) is 51.8 Å². The molecule has 2 rings (SSSR count). The minimum atomic E-state index is -4.60. The Morgan fingerprint density at radius 1 is 1.29 bits per heavy atom. The summed E-state index contributed by atoms with van der Waals surface area (Å²) in [6, 6.07) is 4.07. The molecule has 0 aliphatic carbocycles. The predicted molar refractivity (Wildman–Crippen MR) is 79.3 cm³/mol. The summed E-state index contributed by atoms with van der Waals surface area (Å²) in [5, 5.41) is 12.4. The summed E-state index contributed by atoms with van der Waals surface area (Å²) >= 11 is -2.90. The van der Waals surface area contributed by atoms with Crippen molar-refractivity contribution in [3.8, 4) is 11.5 Å². The third-order valence-corrected chi connectivity index (χ3v) is 3.91. The smallest absolute Gasteiger partial charge is 0.740 e. The van der Waals surface area contributed by atoms with E-state index < -0.39 is 38.0 Å². The monoisotopic (exact) mass is 383 g/mol.